The third-order valence-corrected chi connectivity index (χ3v) is 5.28. The molecule has 0 aliphatic carbocycles. The minimum absolute atomic E-state index is 0.0547. The van der Waals surface area contributed by atoms with Crippen LogP contribution < -0.4 is 5.32 Å². The van der Waals surface area contributed by atoms with Gasteiger partial charge in [-0.1, -0.05) is 12.1 Å². The summed E-state index contributed by atoms with van der Waals surface area (Å²) in [5.41, 5.74) is -5.37. The molecule has 0 unspecified atom stereocenters. The molecule has 0 saturated heterocycles. The zero-order chi connectivity index (χ0) is 15.7. The summed E-state index contributed by atoms with van der Waals surface area (Å²) in [6, 6.07) is 8.74. The summed E-state index contributed by atoms with van der Waals surface area (Å²) in [5, 5.41) is 2.75. The van der Waals surface area contributed by atoms with E-state index in [0.717, 1.165) is 15.8 Å². The van der Waals surface area contributed by atoms with Crippen molar-refractivity contribution in [2.24, 2.45) is 0 Å². The van der Waals surface area contributed by atoms with Crippen molar-refractivity contribution in [3.8, 4) is 0 Å². The molecule has 1 aromatic heterocycles. The highest BCUT2D eigenvalue weighted by Gasteiger charge is 2.47. The van der Waals surface area contributed by atoms with Gasteiger partial charge in [0.05, 0.1) is 10.6 Å². The molecule has 0 radical (unpaired) electrons. The monoisotopic (exact) mass is 335 g/mol. The van der Waals surface area contributed by atoms with Crippen molar-refractivity contribution in [1.82, 2.24) is 0 Å². The summed E-state index contributed by atoms with van der Waals surface area (Å²) >= 11 is 1.49. The van der Waals surface area contributed by atoms with E-state index in [1.54, 1.807) is 0 Å². The zero-order valence-electron chi connectivity index (χ0n) is 10.9. The van der Waals surface area contributed by atoms with Crippen LogP contribution in [-0.2, 0) is 16.4 Å². The predicted molar refractivity (Wildman–Crippen MR) is 76.1 cm³/mol. The zero-order valence-corrected chi connectivity index (χ0v) is 12.6. The lowest BCUT2D eigenvalue weighted by atomic mass is 10.3. The van der Waals surface area contributed by atoms with Gasteiger partial charge in [0, 0.05) is 16.3 Å². The number of benzene rings is 1. The lowest BCUT2D eigenvalue weighted by Gasteiger charge is -2.13. The first-order valence-electron chi connectivity index (χ1n) is 5.91. The number of nitrogens with one attached hydrogen (secondary N) is 1. The summed E-state index contributed by atoms with van der Waals surface area (Å²) in [4.78, 5) is 1.22. The number of rotatable bonds is 4. The predicted octanol–water partition coefficient (Wildman–Crippen LogP) is 3.96. The Morgan fingerprint density at radius 3 is 2.38 bits per heavy atom. The molecule has 21 heavy (non-hydrogen) atoms. The Morgan fingerprint density at radius 2 is 1.81 bits per heavy atom. The molecule has 2 rings (SSSR count). The van der Waals surface area contributed by atoms with Crippen molar-refractivity contribution in [2.75, 3.05) is 5.32 Å². The van der Waals surface area contributed by atoms with E-state index in [4.69, 9.17) is 0 Å². The molecule has 1 aromatic carbocycles. The van der Waals surface area contributed by atoms with Gasteiger partial charge in [-0.2, -0.15) is 13.2 Å². The smallest absolute Gasteiger partial charge is 0.379 e. The largest absolute Gasteiger partial charge is 0.501 e. The molecule has 0 atom stereocenters. The van der Waals surface area contributed by atoms with Crippen molar-refractivity contribution in [3.05, 3.63) is 46.2 Å². The van der Waals surface area contributed by atoms with Gasteiger partial charge in [-0.3, -0.25) is 0 Å². The van der Waals surface area contributed by atoms with Crippen LogP contribution in [0.1, 0.15) is 9.75 Å². The van der Waals surface area contributed by atoms with Crippen molar-refractivity contribution < 1.29 is 21.6 Å². The van der Waals surface area contributed by atoms with Crippen molar-refractivity contribution in [2.45, 2.75) is 23.9 Å². The first-order valence-corrected chi connectivity index (χ1v) is 8.21. The minimum Gasteiger partial charge on any atom is -0.379 e. The number of anilines is 1. The Balaban J connectivity index is 2.30. The fourth-order valence-corrected chi connectivity index (χ4v) is 3.50. The Bertz CT molecular complexity index is 736. The van der Waals surface area contributed by atoms with Crippen molar-refractivity contribution in [1.29, 1.82) is 0 Å². The number of hydrogen-bond acceptors (Lipinski definition) is 4. The standard InChI is InChI=1S/C13H12F3NO2S2/c1-9-6-7-10(20-9)8-17-11-4-2-3-5-12(11)21(18,19)13(14,15)16/h2-7,17H,8H2,1H3. The number of hydrogen-bond donors (Lipinski definition) is 1. The maximum Gasteiger partial charge on any atom is 0.501 e. The van der Waals surface area contributed by atoms with E-state index in [0.29, 0.717) is 0 Å². The second-order valence-corrected chi connectivity index (χ2v) is 7.59. The van der Waals surface area contributed by atoms with Crippen LogP contribution in [-0.4, -0.2) is 13.9 Å². The van der Waals surface area contributed by atoms with Gasteiger partial charge in [0.1, 0.15) is 0 Å². The third-order valence-electron chi connectivity index (χ3n) is 2.73. The molecule has 0 saturated carbocycles. The number of para-hydroxylation sites is 1. The van der Waals surface area contributed by atoms with Crippen molar-refractivity contribution >= 4 is 26.9 Å². The molecule has 0 bridgehead atoms. The second-order valence-electron chi connectivity index (χ2n) is 4.31. The van der Waals surface area contributed by atoms with Gasteiger partial charge in [0.2, 0.25) is 0 Å². The van der Waals surface area contributed by atoms with Gasteiger partial charge in [0.25, 0.3) is 9.84 Å². The molecule has 114 valence electrons. The Labute approximate surface area is 124 Å². The Morgan fingerprint density at radius 1 is 1.14 bits per heavy atom. The number of alkyl halides is 3. The highest BCUT2D eigenvalue weighted by atomic mass is 32.2. The lowest BCUT2D eigenvalue weighted by molar-refractivity contribution is -0.0435. The number of aryl methyl sites for hydroxylation is 1. The van der Waals surface area contributed by atoms with E-state index < -0.39 is 20.2 Å². The molecule has 2 aromatic rings. The van der Waals surface area contributed by atoms with E-state index >= 15 is 0 Å². The Kier molecular flexibility index (Phi) is 4.29. The second kappa shape index (κ2) is 5.69. The molecule has 8 heteroatoms. The van der Waals surface area contributed by atoms with E-state index in [1.807, 2.05) is 19.1 Å². The maximum atomic E-state index is 12.7. The molecule has 0 aliphatic heterocycles. The summed E-state index contributed by atoms with van der Waals surface area (Å²) < 4.78 is 61.0. The molecule has 3 nitrogen and oxygen atoms in total. The lowest BCUT2D eigenvalue weighted by Crippen LogP contribution is -2.24. The van der Waals surface area contributed by atoms with Crippen LogP contribution in [0.15, 0.2) is 41.3 Å². The SMILES string of the molecule is Cc1ccc(CNc2ccccc2S(=O)(=O)C(F)(F)F)s1. The molecule has 1 N–H and O–H groups in total. The van der Waals surface area contributed by atoms with Gasteiger partial charge < -0.3 is 5.32 Å². The first kappa shape index (κ1) is 15.8. The van der Waals surface area contributed by atoms with Crippen LogP contribution in [0.3, 0.4) is 0 Å². The average Bonchev–Trinajstić information content (AvgIpc) is 2.81. The number of sulfone groups is 1. The first-order chi connectivity index (χ1) is 9.72. The fourth-order valence-electron chi connectivity index (χ4n) is 1.73. The quantitative estimate of drug-likeness (QED) is 0.920. The highest BCUT2D eigenvalue weighted by Crippen LogP contribution is 2.34. The van der Waals surface area contributed by atoms with E-state index in [9.17, 15) is 21.6 Å². The van der Waals surface area contributed by atoms with Crippen LogP contribution in [0, 0.1) is 6.92 Å². The van der Waals surface area contributed by atoms with Gasteiger partial charge in [-0.05, 0) is 31.2 Å². The number of thiophene rings is 1. The van der Waals surface area contributed by atoms with E-state index in [-0.39, 0.29) is 12.2 Å². The summed E-state index contributed by atoms with van der Waals surface area (Å²) in [7, 11) is -5.37. The number of halogens is 3. The van der Waals surface area contributed by atoms with Crippen LogP contribution in [0.4, 0.5) is 18.9 Å². The van der Waals surface area contributed by atoms with E-state index in [1.165, 1.54) is 29.5 Å². The topological polar surface area (TPSA) is 46.2 Å². The van der Waals surface area contributed by atoms with Gasteiger partial charge in [-0.25, -0.2) is 8.42 Å². The van der Waals surface area contributed by atoms with Crippen LogP contribution in [0.5, 0.6) is 0 Å². The fraction of sp³-hybridized carbons (Fsp3) is 0.231. The molecular formula is C13H12F3NO2S2. The maximum absolute atomic E-state index is 12.7. The molecule has 0 aliphatic rings. The van der Waals surface area contributed by atoms with Crippen molar-refractivity contribution in [3.63, 3.8) is 0 Å². The summed E-state index contributed by atoms with van der Waals surface area (Å²) in [6.07, 6.45) is 0. The molecular weight excluding hydrogens is 323 g/mol. The normalized spacial score (nSPS) is 12.4. The molecule has 0 spiro atoms. The Hall–Kier alpha value is -1.54. The molecule has 0 amide bonds. The van der Waals surface area contributed by atoms with Gasteiger partial charge in [-0.15, -0.1) is 11.3 Å². The van der Waals surface area contributed by atoms with Crippen LogP contribution in [0.25, 0.3) is 0 Å². The summed E-state index contributed by atoms with van der Waals surface area (Å²) in [5.74, 6) is 0. The summed E-state index contributed by atoms with van der Waals surface area (Å²) in [6.45, 7) is 2.18. The van der Waals surface area contributed by atoms with Crippen LogP contribution in [0.2, 0.25) is 0 Å². The van der Waals surface area contributed by atoms with Gasteiger partial charge >= 0.3 is 5.51 Å². The van der Waals surface area contributed by atoms with E-state index in [2.05, 4.69) is 5.32 Å². The minimum atomic E-state index is -5.37. The molecule has 0 fully saturated rings. The third kappa shape index (κ3) is 3.38. The highest BCUT2D eigenvalue weighted by molar-refractivity contribution is 7.92. The van der Waals surface area contributed by atoms with Gasteiger partial charge in [0.15, 0.2) is 0 Å². The molecule has 1 heterocycles. The average molecular weight is 335 g/mol. The van der Waals surface area contributed by atoms with Crippen LogP contribution >= 0.6 is 11.3 Å².